The molecule has 1 aromatic heterocycles. The molecule has 0 atom stereocenters. The number of hydrazone groups is 1. The Kier molecular flexibility index (Phi) is 8.31. The largest absolute Gasteiger partial charge is 0.496 e. The average molecular weight is 530 g/mol. The summed E-state index contributed by atoms with van der Waals surface area (Å²) >= 11 is 4.77. The van der Waals surface area contributed by atoms with Gasteiger partial charge in [-0.05, 0) is 57.6 Å². The molecule has 0 bridgehead atoms. The summed E-state index contributed by atoms with van der Waals surface area (Å²) in [6, 6.07) is 14.0. The van der Waals surface area contributed by atoms with Crippen LogP contribution < -0.4 is 10.2 Å². The van der Waals surface area contributed by atoms with E-state index in [4.69, 9.17) is 4.74 Å². The number of nitrogens with zero attached hydrogens (tertiary/aromatic N) is 4. The highest BCUT2D eigenvalue weighted by molar-refractivity contribution is 9.10. The molecule has 0 saturated carbocycles. The summed E-state index contributed by atoms with van der Waals surface area (Å²) in [6.07, 6.45) is 1.58. The Morgan fingerprint density at radius 1 is 1.21 bits per heavy atom. The number of hydrogen-bond acceptors (Lipinski definition) is 6. The van der Waals surface area contributed by atoms with Gasteiger partial charge in [0.1, 0.15) is 5.75 Å². The zero-order chi connectivity index (χ0) is 24.0. The van der Waals surface area contributed by atoms with E-state index in [1.54, 1.807) is 13.3 Å². The third kappa shape index (κ3) is 6.45. The minimum Gasteiger partial charge on any atom is -0.496 e. The van der Waals surface area contributed by atoms with Gasteiger partial charge in [0.15, 0.2) is 11.0 Å². The molecule has 33 heavy (non-hydrogen) atoms. The fraction of sp³-hybridized carbons (Fsp3) is 0.333. The van der Waals surface area contributed by atoms with Crippen LogP contribution in [-0.4, -0.2) is 39.7 Å². The standard InChI is InChI=1S/C24H28BrN5O2S/c1-6-30-22(17-8-10-18(11-9-17)24(2,3)4)28-29-23(30)33-15-21(31)27-26-14-16-7-12-20(32-5)19(25)13-16/h7-14H,6,15H2,1-5H3,(H,27,31)/b26-14-. The molecule has 0 radical (unpaired) electrons. The van der Waals surface area contributed by atoms with Crippen molar-refractivity contribution in [3.63, 3.8) is 0 Å². The van der Waals surface area contributed by atoms with Gasteiger partial charge < -0.3 is 9.30 Å². The molecule has 174 valence electrons. The number of amides is 1. The number of nitrogens with one attached hydrogen (secondary N) is 1. The molecule has 3 aromatic rings. The Morgan fingerprint density at radius 3 is 2.55 bits per heavy atom. The lowest BCUT2D eigenvalue weighted by atomic mass is 9.87. The van der Waals surface area contributed by atoms with Gasteiger partial charge in [-0.25, -0.2) is 5.43 Å². The van der Waals surface area contributed by atoms with E-state index in [0.29, 0.717) is 11.7 Å². The summed E-state index contributed by atoms with van der Waals surface area (Å²) in [7, 11) is 1.61. The van der Waals surface area contributed by atoms with E-state index in [9.17, 15) is 4.79 Å². The second kappa shape index (κ2) is 11.0. The number of aromatic nitrogens is 3. The molecule has 9 heteroatoms. The molecule has 0 aliphatic carbocycles. The summed E-state index contributed by atoms with van der Waals surface area (Å²) in [5.41, 5.74) is 5.75. The molecule has 1 N–H and O–H groups in total. The molecule has 2 aromatic carbocycles. The lowest BCUT2D eigenvalue weighted by molar-refractivity contribution is -0.118. The number of halogens is 1. The fourth-order valence-electron chi connectivity index (χ4n) is 3.12. The van der Waals surface area contributed by atoms with Crippen LogP contribution >= 0.6 is 27.7 Å². The highest BCUT2D eigenvalue weighted by atomic mass is 79.9. The quantitative estimate of drug-likeness (QED) is 0.244. The van der Waals surface area contributed by atoms with E-state index in [1.807, 2.05) is 29.7 Å². The summed E-state index contributed by atoms with van der Waals surface area (Å²) in [5, 5.41) is 13.4. The second-order valence-corrected chi connectivity index (χ2v) is 10.2. The first-order valence-electron chi connectivity index (χ1n) is 10.5. The van der Waals surface area contributed by atoms with Crippen LogP contribution in [0.2, 0.25) is 0 Å². The van der Waals surface area contributed by atoms with Gasteiger partial charge in [-0.2, -0.15) is 5.10 Å². The zero-order valence-corrected chi connectivity index (χ0v) is 21.8. The number of ether oxygens (including phenoxy) is 1. The van der Waals surface area contributed by atoms with Crippen LogP contribution in [0, 0.1) is 0 Å². The van der Waals surface area contributed by atoms with E-state index < -0.39 is 0 Å². The number of hydrogen-bond donors (Lipinski definition) is 1. The Balaban J connectivity index is 1.60. The lowest BCUT2D eigenvalue weighted by Crippen LogP contribution is -2.20. The smallest absolute Gasteiger partial charge is 0.250 e. The summed E-state index contributed by atoms with van der Waals surface area (Å²) < 4.78 is 8.04. The lowest BCUT2D eigenvalue weighted by Gasteiger charge is -2.19. The molecule has 0 spiro atoms. The Bertz CT molecular complexity index is 1140. The fourth-order valence-corrected chi connectivity index (χ4v) is 4.47. The van der Waals surface area contributed by atoms with Crippen molar-refractivity contribution >= 4 is 39.8 Å². The van der Waals surface area contributed by atoms with Crippen molar-refractivity contribution in [2.45, 2.75) is 44.8 Å². The van der Waals surface area contributed by atoms with E-state index in [-0.39, 0.29) is 17.1 Å². The number of carbonyl (C=O) groups excluding carboxylic acids is 1. The summed E-state index contributed by atoms with van der Waals surface area (Å²) in [6.45, 7) is 9.32. The van der Waals surface area contributed by atoms with Crippen molar-refractivity contribution in [1.29, 1.82) is 0 Å². The maximum Gasteiger partial charge on any atom is 0.250 e. The highest BCUT2D eigenvalue weighted by Crippen LogP contribution is 2.28. The van der Waals surface area contributed by atoms with Crippen LogP contribution in [0.25, 0.3) is 11.4 Å². The van der Waals surface area contributed by atoms with Crippen LogP contribution in [0.4, 0.5) is 0 Å². The third-order valence-electron chi connectivity index (χ3n) is 4.95. The molecule has 0 saturated heterocycles. The van der Waals surface area contributed by atoms with Crippen molar-refractivity contribution in [1.82, 2.24) is 20.2 Å². The molecule has 3 rings (SSSR count). The Hall–Kier alpha value is -2.65. The maximum atomic E-state index is 12.2. The van der Waals surface area contributed by atoms with Crippen LogP contribution in [0.15, 0.2) is 57.2 Å². The van der Waals surface area contributed by atoms with Crippen LogP contribution in [0.5, 0.6) is 5.75 Å². The number of carbonyl (C=O) groups is 1. The summed E-state index contributed by atoms with van der Waals surface area (Å²) in [5.74, 6) is 1.50. The van der Waals surface area contributed by atoms with Crippen LogP contribution in [-0.2, 0) is 16.8 Å². The molecule has 0 aliphatic rings. The zero-order valence-electron chi connectivity index (χ0n) is 19.4. The molecule has 0 unspecified atom stereocenters. The second-order valence-electron chi connectivity index (χ2n) is 8.35. The van der Waals surface area contributed by atoms with Gasteiger partial charge in [-0.1, -0.05) is 56.8 Å². The highest BCUT2D eigenvalue weighted by Gasteiger charge is 2.17. The van der Waals surface area contributed by atoms with Gasteiger partial charge in [-0.15, -0.1) is 10.2 Å². The van der Waals surface area contributed by atoms with E-state index in [0.717, 1.165) is 27.2 Å². The first-order valence-corrected chi connectivity index (χ1v) is 12.3. The van der Waals surface area contributed by atoms with Crippen molar-refractivity contribution in [2.24, 2.45) is 5.10 Å². The normalized spacial score (nSPS) is 11.7. The topological polar surface area (TPSA) is 81.4 Å². The number of benzene rings is 2. The van der Waals surface area contributed by atoms with Gasteiger partial charge in [0.05, 0.1) is 23.5 Å². The molecule has 0 fully saturated rings. The van der Waals surface area contributed by atoms with Crippen molar-refractivity contribution in [2.75, 3.05) is 12.9 Å². The molecular formula is C24H28BrN5O2S. The predicted octanol–water partition coefficient (Wildman–Crippen LogP) is 5.28. The SMILES string of the molecule is CCn1c(SCC(=O)N/N=C\c2ccc(OC)c(Br)c2)nnc1-c1ccc(C(C)(C)C)cc1. The van der Waals surface area contributed by atoms with Crippen molar-refractivity contribution < 1.29 is 9.53 Å². The molecule has 1 amide bonds. The predicted molar refractivity (Wildman–Crippen MR) is 137 cm³/mol. The first kappa shape index (κ1) is 25.0. The van der Waals surface area contributed by atoms with E-state index in [2.05, 4.69) is 81.7 Å². The monoisotopic (exact) mass is 529 g/mol. The van der Waals surface area contributed by atoms with Crippen molar-refractivity contribution in [3.8, 4) is 17.1 Å². The van der Waals surface area contributed by atoms with Gasteiger partial charge in [0.25, 0.3) is 5.91 Å². The molecule has 0 aliphatic heterocycles. The molecular weight excluding hydrogens is 502 g/mol. The maximum absolute atomic E-state index is 12.2. The van der Waals surface area contributed by atoms with Crippen LogP contribution in [0.1, 0.15) is 38.8 Å². The Labute approximate surface area is 207 Å². The number of rotatable bonds is 8. The van der Waals surface area contributed by atoms with Crippen LogP contribution in [0.3, 0.4) is 0 Å². The van der Waals surface area contributed by atoms with E-state index in [1.165, 1.54) is 17.3 Å². The van der Waals surface area contributed by atoms with Gasteiger partial charge in [-0.3, -0.25) is 4.79 Å². The van der Waals surface area contributed by atoms with Crippen molar-refractivity contribution in [3.05, 3.63) is 58.1 Å². The Morgan fingerprint density at radius 2 is 1.94 bits per heavy atom. The minimum absolute atomic E-state index is 0.0949. The number of thioether (sulfide) groups is 1. The molecule has 7 nitrogen and oxygen atoms in total. The summed E-state index contributed by atoms with van der Waals surface area (Å²) in [4.78, 5) is 12.2. The van der Waals surface area contributed by atoms with E-state index >= 15 is 0 Å². The van der Waals surface area contributed by atoms with Gasteiger partial charge in [0.2, 0.25) is 0 Å². The van der Waals surface area contributed by atoms with Gasteiger partial charge >= 0.3 is 0 Å². The van der Waals surface area contributed by atoms with Gasteiger partial charge in [0, 0.05) is 12.1 Å². The average Bonchev–Trinajstić information content (AvgIpc) is 3.20. The minimum atomic E-state index is -0.217. The molecule has 1 heterocycles. The third-order valence-corrected chi connectivity index (χ3v) is 6.54. The first-order chi connectivity index (χ1) is 15.7. The number of methoxy groups -OCH3 is 1.